The highest BCUT2D eigenvalue weighted by atomic mass is 14.9. The highest BCUT2D eigenvalue weighted by Crippen LogP contribution is 2.37. The van der Waals surface area contributed by atoms with Crippen LogP contribution in [0.4, 0.5) is 0 Å². The van der Waals surface area contributed by atoms with Gasteiger partial charge in [0.1, 0.15) is 0 Å². The Morgan fingerprint density at radius 2 is 0.594 bits per heavy atom. The molecule has 0 saturated carbocycles. The summed E-state index contributed by atoms with van der Waals surface area (Å²) in [7, 11) is 0. The van der Waals surface area contributed by atoms with Gasteiger partial charge in [-0.3, -0.25) is 0 Å². The first kappa shape index (κ1) is 37.2. The van der Waals surface area contributed by atoms with Crippen LogP contribution in [0.15, 0.2) is 231 Å². The van der Waals surface area contributed by atoms with Gasteiger partial charge >= 0.3 is 0 Å². The van der Waals surface area contributed by atoms with E-state index in [9.17, 15) is 0 Å². The summed E-state index contributed by atoms with van der Waals surface area (Å²) >= 11 is 0. The number of benzene rings is 10. The second-order valence-corrected chi connectivity index (χ2v) is 16.2. The standard InChI is InChI=1S/C60H38N4/c1-3-21-49-39(13-1)15-11-25-51(49)41-29-33-43(34-30-41)57-53-23-5-7-27-55(53)62-60(63-57)48-20-10-18-46(38-48)45-17-9-19-47(37-45)58-54-24-6-8-28-56(54)61-59(64-58)44-35-31-42(32-36-44)52-26-12-16-40-14-2-4-22-50(40)52/h1-38H. The van der Waals surface area contributed by atoms with Gasteiger partial charge in [-0.1, -0.05) is 206 Å². The molecular formula is C60H38N4. The predicted octanol–water partition coefficient (Wildman–Crippen LogP) is 15.5. The average Bonchev–Trinajstić information content (AvgIpc) is 3.38. The zero-order chi connectivity index (χ0) is 42.4. The van der Waals surface area contributed by atoms with Crippen molar-refractivity contribution < 1.29 is 0 Å². The minimum absolute atomic E-state index is 0.683. The van der Waals surface area contributed by atoms with Crippen LogP contribution in [-0.4, -0.2) is 19.9 Å². The number of aromatic nitrogens is 4. The van der Waals surface area contributed by atoms with Crippen LogP contribution in [0.3, 0.4) is 0 Å². The topological polar surface area (TPSA) is 51.6 Å². The number of nitrogens with zero attached hydrogens (tertiary/aromatic N) is 4. The lowest BCUT2D eigenvalue weighted by Gasteiger charge is -2.13. The van der Waals surface area contributed by atoms with E-state index < -0.39 is 0 Å². The number of hydrogen-bond acceptors (Lipinski definition) is 4. The molecule has 4 nitrogen and oxygen atoms in total. The zero-order valence-corrected chi connectivity index (χ0v) is 34.7. The third kappa shape index (κ3) is 6.75. The van der Waals surface area contributed by atoms with Gasteiger partial charge in [0.05, 0.1) is 22.4 Å². The van der Waals surface area contributed by atoms with Crippen molar-refractivity contribution in [2.75, 3.05) is 0 Å². The van der Waals surface area contributed by atoms with Gasteiger partial charge in [-0.2, -0.15) is 0 Å². The van der Waals surface area contributed by atoms with Crippen molar-refractivity contribution in [3.05, 3.63) is 231 Å². The monoisotopic (exact) mass is 814 g/mol. The van der Waals surface area contributed by atoms with Crippen LogP contribution in [0.1, 0.15) is 0 Å². The molecule has 64 heavy (non-hydrogen) atoms. The molecule has 0 unspecified atom stereocenters. The Bertz CT molecular complexity index is 3710. The molecule has 0 aliphatic heterocycles. The summed E-state index contributed by atoms with van der Waals surface area (Å²) in [4.78, 5) is 20.7. The third-order valence-corrected chi connectivity index (χ3v) is 12.3. The minimum atomic E-state index is 0.683. The maximum Gasteiger partial charge on any atom is 0.160 e. The van der Waals surface area contributed by atoms with E-state index >= 15 is 0 Å². The lowest BCUT2D eigenvalue weighted by Crippen LogP contribution is -1.96. The number of rotatable bonds is 7. The summed E-state index contributed by atoms with van der Waals surface area (Å²) in [6.07, 6.45) is 0. The Morgan fingerprint density at radius 3 is 1.16 bits per heavy atom. The minimum Gasteiger partial charge on any atom is -0.228 e. The fourth-order valence-electron chi connectivity index (χ4n) is 9.10. The maximum atomic E-state index is 5.27. The van der Waals surface area contributed by atoms with Crippen molar-refractivity contribution in [3.8, 4) is 78.7 Å². The normalized spacial score (nSPS) is 11.4. The Hall–Kier alpha value is -8.60. The molecule has 0 spiro atoms. The molecule has 0 N–H and O–H groups in total. The molecule has 0 fully saturated rings. The second-order valence-electron chi connectivity index (χ2n) is 16.2. The van der Waals surface area contributed by atoms with E-state index in [4.69, 9.17) is 19.9 Å². The van der Waals surface area contributed by atoms with Gasteiger partial charge in [-0.05, 0) is 79.2 Å². The predicted molar refractivity (Wildman–Crippen MR) is 266 cm³/mol. The molecule has 0 bridgehead atoms. The second kappa shape index (κ2) is 15.7. The van der Waals surface area contributed by atoms with E-state index in [1.54, 1.807) is 0 Å². The van der Waals surface area contributed by atoms with E-state index in [1.165, 1.54) is 38.2 Å². The largest absolute Gasteiger partial charge is 0.228 e. The van der Waals surface area contributed by atoms with Gasteiger partial charge in [0.25, 0.3) is 0 Å². The van der Waals surface area contributed by atoms with Gasteiger partial charge in [-0.15, -0.1) is 0 Å². The molecule has 0 atom stereocenters. The summed E-state index contributed by atoms with van der Waals surface area (Å²) in [6.45, 7) is 0. The van der Waals surface area contributed by atoms with E-state index in [0.717, 1.165) is 72.1 Å². The van der Waals surface area contributed by atoms with Crippen LogP contribution in [-0.2, 0) is 0 Å². The average molecular weight is 815 g/mol. The molecule has 12 aromatic rings. The number of para-hydroxylation sites is 2. The van der Waals surface area contributed by atoms with Crippen molar-refractivity contribution in [1.29, 1.82) is 0 Å². The Morgan fingerprint density at radius 1 is 0.219 bits per heavy atom. The first-order chi connectivity index (χ1) is 31.7. The van der Waals surface area contributed by atoms with Crippen LogP contribution < -0.4 is 0 Å². The molecule has 0 radical (unpaired) electrons. The van der Waals surface area contributed by atoms with Gasteiger partial charge in [0, 0.05) is 33.0 Å². The van der Waals surface area contributed by atoms with Crippen molar-refractivity contribution >= 4 is 43.4 Å². The fraction of sp³-hybridized carbons (Fsp3) is 0. The van der Waals surface area contributed by atoms with Crippen LogP contribution in [0.2, 0.25) is 0 Å². The summed E-state index contributed by atoms with van der Waals surface area (Å²) in [6, 6.07) is 81.1. The summed E-state index contributed by atoms with van der Waals surface area (Å²) < 4.78 is 0. The first-order valence-corrected chi connectivity index (χ1v) is 21.6. The van der Waals surface area contributed by atoms with E-state index in [1.807, 2.05) is 12.1 Å². The molecule has 298 valence electrons. The Balaban J connectivity index is 0.892. The SMILES string of the molecule is c1cc(-c2cccc(-c3nc(-c4ccc(-c5cccc6ccccc56)cc4)nc4ccccc34)c2)cc(-c2nc(-c3ccc(-c4cccc5ccccc45)cc3)c3ccccc3n2)c1. The number of fused-ring (bicyclic) bond motifs is 4. The molecule has 0 amide bonds. The first-order valence-electron chi connectivity index (χ1n) is 21.6. The molecule has 2 aromatic heterocycles. The maximum absolute atomic E-state index is 5.27. The molecule has 0 saturated heterocycles. The molecular weight excluding hydrogens is 777 g/mol. The van der Waals surface area contributed by atoms with Crippen molar-refractivity contribution in [2.45, 2.75) is 0 Å². The smallest absolute Gasteiger partial charge is 0.160 e. The van der Waals surface area contributed by atoms with Gasteiger partial charge < -0.3 is 0 Å². The van der Waals surface area contributed by atoms with Gasteiger partial charge in [0.15, 0.2) is 11.6 Å². The molecule has 2 heterocycles. The fourth-order valence-corrected chi connectivity index (χ4v) is 9.10. The molecule has 12 rings (SSSR count). The van der Waals surface area contributed by atoms with Crippen molar-refractivity contribution in [2.24, 2.45) is 0 Å². The molecule has 10 aromatic carbocycles. The Labute approximate surface area is 370 Å². The quantitative estimate of drug-likeness (QED) is 0.161. The zero-order valence-electron chi connectivity index (χ0n) is 34.7. The third-order valence-electron chi connectivity index (χ3n) is 12.3. The lowest BCUT2D eigenvalue weighted by molar-refractivity contribution is 1.23. The summed E-state index contributed by atoms with van der Waals surface area (Å²) in [5.41, 5.74) is 14.5. The van der Waals surface area contributed by atoms with E-state index in [2.05, 4.69) is 218 Å². The van der Waals surface area contributed by atoms with Gasteiger partial charge in [0.2, 0.25) is 0 Å². The van der Waals surface area contributed by atoms with E-state index in [0.29, 0.717) is 11.6 Å². The number of hydrogen-bond donors (Lipinski definition) is 0. The van der Waals surface area contributed by atoms with E-state index in [-0.39, 0.29) is 0 Å². The highest BCUT2D eigenvalue weighted by molar-refractivity contribution is 6.00. The van der Waals surface area contributed by atoms with Gasteiger partial charge in [-0.25, -0.2) is 19.9 Å². The summed E-state index contributed by atoms with van der Waals surface area (Å²) in [5, 5.41) is 6.97. The summed E-state index contributed by atoms with van der Waals surface area (Å²) in [5.74, 6) is 1.38. The van der Waals surface area contributed by atoms with Crippen LogP contribution >= 0.6 is 0 Å². The van der Waals surface area contributed by atoms with Crippen LogP contribution in [0.25, 0.3) is 122 Å². The molecule has 4 heteroatoms. The lowest BCUT2D eigenvalue weighted by atomic mass is 9.96. The molecule has 0 aliphatic carbocycles. The van der Waals surface area contributed by atoms with Crippen molar-refractivity contribution in [1.82, 2.24) is 19.9 Å². The van der Waals surface area contributed by atoms with Crippen LogP contribution in [0.5, 0.6) is 0 Å². The Kier molecular flexibility index (Phi) is 9.12. The van der Waals surface area contributed by atoms with Crippen molar-refractivity contribution in [3.63, 3.8) is 0 Å². The molecule has 0 aliphatic rings. The highest BCUT2D eigenvalue weighted by Gasteiger charge is 2.16. The van der Waals surface area contributed by atoms with Crippen LogP contribution in [0, 0.1) is 0 Å².